The van der Waals surface area contributed by atoms with Gasteiger partial charge in [-0.05, 0) is 31.7 Å². The molecule has 0 saturated carbocycles. The number of hydrogen-bond acceptors (Lipinski definition) is 3. The Morgan fingerprint density at radius 2 is 2.07 bits per heavy atom. The van der Waals surface area contributed by atoms with Gasteiger partial charge in [0.1, 0.15) is 0 Å². The Labute approximate surface area is 93.5 Å². The second kappa shape index (κ2) is 8.08. The van der Waals surface area contributed by atoms with E-state index >= 15 is 0 Å². The summed E-state index contributed by atoms with van der Waals surface area (Å²) in [6.45, 7) is 9.04. The molecule has 0 aromatic heterocycles. The lowest BCUT2D eigenvalue weighted by atomic mass is 10.1. The molecule has 1 fully saturated rings. The van der Waals surface area contributed by atoms with E-state index in [1.54, 1.807) is 0 Å². The highest BCUT2D eigenvalue weighted by molar-refractivity contribution is 4.69. The molecule has 0 amide bonds. The van der Waals surface area contributed by atoms with Gasteiger partial charge in [-0.15, -0.1) is 0 Å². The van der Waals surface area contributed by atoms with E-state index in [-0.39, 0.29) is 0 Å². The fourth-order valence-electron chi connectivity index (χ4n) is 1.70. The van der Waals surface area contributed by atoms with Crippen molar-refractivity contribution in [1.29, 1.82) is 0 Å². The van der Waals surface area contributed by atoms with Gasteiger partial charge < -0.3 is 14.8 Å². The SMILES string of the molecule is CC(C)COCCCNC1CCOCC1. The van der Waals surface area contributed by atoms with Crippen LogP contribution in [0.2, 0.25) is 0 Å². The lowest BCUT2D eigenvalue weighted by Crippen LogP contribution is -2.35. The van der Waals surface area contributed by atoms with Crippen LogP contribution in [0.15, 0.2) is 0 Å². The van der Waals surface area contributed by atoms with Crippen molar-refractivity contribution in [3.8, 4) is 0 Å². The van der Waals surface area contributed by atoms with Crippen molar-refractivity contribution in [2.75, 3.05) is 33.0 Å². The molecule has 90 valence electrons. The van der Waals surface area contributed by atoms with Crippen LogP contribution >= 0.6 is 0 Å². The first kappa shape index (κ1) is 12.9. The molecule has 0 spiro atoms. The highest BCUT2D eigenvalue weighted by Crippen LogP contribution is 2.05. The van der Waals surface area contributed by atoms with Gasteiger partial charge in [0.15, 0.2) is 0 Å². The molecule has 0 aromatic rings. The molecule has 1 aliphatic rings. The van der Waals surface area contributed by atoms with Crippen molar-refractivity contribution in [3.05, 3.63) is 0 Å². The molecule has 0 aromatic carbocycles. The molecule has 3 nitrogen and oxygen atoms in total. The summed E-state index contributed by atoms with van der Waals surface area (Å²) < 4.78 is 10.8. The highest BCUT2D eigenvalue weighted by atomic mass is 16.5. The smallest absolute Gasteiger partial charge is 0.0489 e. The van der Waals surface area contributed by atoms with Crippen molar-refractivity contribution >= 4 is 0 Å². The molecule has 15 heavy (non-hydrogen) atoms. The van der Waals surface area contributed by atoms with Crippen LogP contribution < -0.4 is 5.32 Å². The molecule has 1 saturated heterocycles. The summed E-state index contributed by atoms with van der Waals surface area (Å²) in [5.41, 5.74) is 0. The summed E-state index contributed by atoms with van der Waals surface area (Å²) in [5.74, 6) is 0.647. The summed E-state index contributed by atoms with van der Waals surface area (Å²) in [7, 11) is 0. The Morgan fingerprint density at radius 3 is 2.73 bits per heavy atom. The minimum atomic E-state index is 0.647. The van der Waals surface area contributed by atoms with Crippen LogP contribution in [0.5, 0.6) is 0 Å². The Hall–Kier alpha value is -0.120. The first-order valence-corrected chi connectivity index (χ1v) is 6.18. The van der Waals surface area contributed by atoms with Crippen LogP contribution in [0.25, 0.3) is 0 Å². The van der Waals surface area contributed by atoms with E-state index in [0.29, 0.717) is 12.0 Å². The Kier molecular flexibility index (Phi) is 6.98. The predicted octanol–water partition coefficient (Wildman–Crippen LogP) is 1.82. The lowest BCUT2D eigenvalue weighted by molar-refractivity contribution is 0.0754. The maximum atomic E-state index is 5.52. The molecule has 0 radical (unpaired) electrons. The average Bonchev–Trinajstić information content (AvgIpc) is 2.24. The monoisotopic (exact) mass is 215 g/mol. The van der Waals surface area contributed by atoms with Crippen LogP contribution in [0.3, 0.4) is 0 Å². The first-order chi connectivity index (χ1) is 7.29. The normalized spacial score (nSPS) is 18.6. The maximum absolute atomic E-state index is 5.52. The Bertz CT molecular complexity index is 145. The van der Waals surface area contributed by atoms with Gasteiger partial charge in [-0.3, -0.25) is 0 Å². The van der Waals surface area contributed by atoms with Gasteiger partial charge in [0.25, 0.3) is 0 Å². The third-order valence-electron chi connectivity index (χ3n) is 2.57. The van der Waals surface area contributed by atoms with E-state index in [9.17, 15) is 0 Å². The van der Waals surface area contributed by atoms with Crippen molar-refractivity contribution in [3.63, 3.8) is 0 Å². The van der Waals surface area contributed by atoms with Gasteiger partial charge >= 0.3 is 0 Å². The molecular weight excluding hydrogens is 190 g/mol. The summed E-state index contributed by atoms with van der Waals surface area (Å²) >= 11 is 0. The fraction of sp³-hybridized carbons (Fsp3) is 1.00. The highest BCUT2D eigenvalue weighted by Gasteiger charge is 2.11. The van der Waals surface area contributed by atoms with E-state index in [2.05, 4.69) is 19.2 Å². The van der Waals surface area contributed by atoms with Crippen LogP contribution in [0.1, 0.15) is 33.1 Å². The summed E-state index contributed by atoms with van der Waals surface area (Å²) in [6, 6.07) is 0.670. The van der Waals surface area contributed by atoms with Crippen molar-refractivity contribution < 1.29 is 9.47 Å². The molecule has 3 heteroatoms. The van der Waals surface area contributed by atoms with Crippen LogP contribution in [0, 0.1) is 5.92 Å². The third-order valence-corrected chi connectivity index (χ3v) is 2.57. The average molecular weight is 215 g/mol. The molecule has 0 atom stereocenters. The van der Waals surface area contributed by atoms with Crippen LogP contribution in [0.4, 0.5) is 0 Å². The van der Waals surface area contributed by atoms with Crippen molar-refractivity contribution in [2.45, 2.75) is 39.2 Å². The minimum Gasteiger partial charge on any atom is -0.381 e. The van der Waals surface area contributed by atoms with Gasteiger partial charge in [0, 0.05) is 32.5 Å². The van der Waals surface area contributed by atoms with E-state index < -0.39 is 0 Å². The first-order valence-electron chi connectivity index (χ1n) is 6.18. The van der Waals surface area contributed by atoms with Crippen LogP contribution in [-0.2, 0) is 9.47 Å². The molecular formula is C12H25NO2. The largest absolute Gasteiger partial charge is 0.381 e. The minimum absolute atomic E-state index is 0.647. The zero-order valence-corrected chi connectivity index (χ0v) is 10.1. The van der Waals surface area contributed by atoms with Crippen molar-refractivity contribution in [1.82, 2.24) is 5.32 Å². The van der Waals surface area contributed by atoms with E-state index in [0.717, 1.165) is 52.2 Å². The van der Waals surface area contributed by atoms with Gasteiger partial charge in [-0.25, -0.2) is 0 Å². The summed E-state index contributed by atoms with van der Waals surface area (Å²) in [6.07, 6.45) is 3.43. The van der Waals surface area contributed by atoms with Gasteiger partial charge in [0.2, 0.25) is 0 Å². The number of nitrogens with one attached hydrogen (secondary N) is 1. The second-order valence-corrected chi connectivity index (χ2v) is 4.66. The molecule has 1 heterocycles. The van der Waals surface area contributed by atoms with Gasteiger partial charge in [-0.1, -0.05) is 13.8 Å². The molecule has 0 bridgehead atoms. The summed E-state index contributed by atoms with van der Waals surface area (Å²) in [5, 5.41) is 3.55. The van der Waals surface area contributed by atoms with E-state index in [1.165, 1.54) is 0 Å². The molecule has 0 aliphatic carbocycles. The Morgan fingerprint density at radius 1 is 1.33 bits per heavy atom. The zero-order valence-electron chi connectivity index (χ0n) is 10.1. The quantitative estimate of drug-likeness (QED) is 0.657. The number of hydrogen-bond donors (Lipinski definition) is 1. The second-order valence-electron chi connectivity index (χ2n) is 4.66. The molecule has 1 N–H and O–H groups in total. The fourth-order valence-corrected chi connectivity index (χ4v) is 1.70. The van der Waals surface area contributed by atoms with Gasteiger partial charge in [-0.2, -0.15) is 0 Å². The summed E-state index contributed by atoms with van der Waals surface area (Å²) in [4.78, 5) is 0. The predicted molar refractivity (Wildman–Crippen MR) is 62.1 cm³/mol. The van der Waals surface area contributed by atoms with E-state index in [4.69, 9.17) is 9.47 Å². The standard InChI is InChI=1S/C12H25NO2/c1-11(2)10-15-7-3-6-13-12-4-8-14-9-5-12/h11-13H,3-10H2,1-2H3. The topological polar surface area (TPSA) is 30.5 Å². The third kappa shape index (κ3) is 6.88. The molecule has 1 aliphatic heterocycles. The van der Waals surface area contributed by atoms with E-state index in [1.807, 2.05) is 0 Å². The maximum Gasteiger partial charge on any atom is 0.0489 e. The lowest BCUT2D eigenvalue weighted by Gasteiger charge is -2.23. The number of ether oxygens (including phenoxy) is 2. The van der Waals surface area contributed by atoms with Crippen LogP contribution in [-0.4, -0.2) is 39.0 Å². The Balaban J connectivity index is 1.83. The molecule has 0 unspecified atom stereocenters. The van der Waals surface area contributed by atoms with Gasteiger partial charge in [0.05, 0.1) is 0 Å². The zero-order chi connectivity index (χ0) is 10.9. The van der Waals surface area contributed by atoms with Crippen molar-refractivity contribution in [2.24, 2.45) is 5.92 Å². The number of rotatable bonds is 7. The molecule has 1 rings (SSSR count).